The summed E-state index contributed by atoms with van der Waals surface area (Å²) < 4.78 is 23.8. The van der Waals surface area contributed by atoms with Gasteiger partial charge in [-0.1, -0.05) is 6.92 Å². The highest BCUT2D eigenvalue weighted by Crippen LogP contribution is 2.26. The van der Waals surface area contributed by atoms with Crippen LogP contribution in [0.25, 0.3) is 0 Å². The summed E-state index contributed by atoms with van der Waals surface area (Å²) in [5.74, 6) is 1.13. The second-order valence-electron chi connectivity index (χ2n) is 6.69. The van der Waals surface area contributed by atoms with E-state index in [-0.39, 0.29) is 30.1 Å². The largest absolute Gasteiger partial charge is 0.338 e. The average Bonchev–Trinajstić information content (AvgIpc) is 2.45. The molecule has 0 radical (unpaired) electrons. The minimum Gasteiger partial charge on any atom is -0.338 e. The van der Waals surface area contributed by atoms with Crippen molar-refractivity contribution < 1.29 is 13.2 Å². The van der Waals surface area contributed by atoms with E-state index in [1.54, 1.807) is 11.8 Å². The van der Waals surface area contributed by atoms with Gasteiger partial charge in [0, 0.05) is 19.0 Å². The molecule has 2 saturated heterocycles. The third-order valence-electron chi connectivity index (χ3n) is 5.31. The van der Waals surface area contributed by atoms with Gasteiger partial charge in [-0.05, 0) is 51.6 Å². The summed E-state index contributed by atoms with van der Waals surface area (Å²) >= 11 is 0. The molecule has 0 aromatic rings. The lowest BCUT2D eigenvalue weighted by Crippen LogP contribution is -2.54. The van der Waals surface area contributed by atoms with Crippen LogP contribution in [0.15, 0.2) is 0 Å². The molecule has 22 heavy (non-hydrogen) atoms. The summed E-state index contributed by atoms with van der Waals surface area (Å²) in [5.41, 5.74) is 0. The molecule has 2 rings (SSSR count). The van der Waals surface area contributed by atoms with Crippen LogP contribution in [0.3, 0.4) is 0 Å². The van der Waals surface area contributed by atoms with Crippen LogP contribution in [0.2, 0.25) is 0 Å². The number of rotatable bonds is 3. The number of nitrogens with zero attached hydrogens (tertiary/aromatic N) is 1. The molecule has 5 nitrogen and oxygen atoms in total. The van der Waals surface area contributed by atoms with Gasteiger partial charge < -0.3 is 10.2 Å². The summed E-state index contributed by atoms with van der Waals surface area (Å²) in [5, 5.41) is 2.93. The number of hydrogen-bond donors (Lipinski definition) is 1. The van der Waals surface area contributed by atoms with Gasteiger partial charge in [-0.15, -0.1) is 12.4 Å². The van der Waals surface area contributed by atoms with Gasteiger partial charge in [-0.25, -0.2) is 8.42 Å². The van der Waals surface area contributed by atoms with Crippen LogP contribution < -0.4 is 5.32 Å². The zero-order valence-electron chi connectivity index (χ0n) is 13.7. The van der Waals surface area contributed by atoms with Crippen molar-refractivity contribution in [3.63, 3.8) is 0 Å². The normalized spacial score (nSPS) is 32.9. The second kappa shape index (κ2) is 7.97. The van der Waals surface area contributed by atoms with E-state index in [1.807, 2.05) is 6.92 Å². The van der Waals surface area contributed by atoms with Gasteiger partial charge in [-0.2, -0.15) is 0 Å². The molecular weight excluding hydrogens is 324 g/mol. The third kappa shape index (κ3) is 4.36. The maximum atomic E-state index is 12.5. The van der Waals surface area contributed by atoms with E-state index in [1.165, 1.54) is 12.8 Å². The predicted molar refractivity (Wildman–Crippen MR) is 91.0 cm³/mol. The molecular formula is C15H29ClN2O3S. The zero-order chi connectivity index (χ0) is 15.6. The first-order chi connectivity index (χ1) is 9.83. The van der Waals surface area contributed by atoms with E-state index in [2.05, 4.69) is 12.2 Å². The molecule has 0 saturated carbocycles. The molecule has 7 heteroatoms. The zero-order valence-corrected chi connectivity index (χ0v) is 15.4. The van der Waals surface area contributed by atoms with E-state index in [9.17, 15) is 13.2 Å². The summed E-state index contributed by atoms with van der Waals surface area (Å²) in [6, 6.07) is -0.215. The number of sulfone groups is 1. The maximum absolute atomic E-state index is 12.5. The van der Waals surface area contributed by atoms with Crippen LogP contribution in [0.4, 0.5) is 0 Å². The van der Waals surface area contributed by atoms with Crippen molar-refractivity contribution in [1.82, 2.24) is 10.2 Å². The fraction of sp³-hybridized carbons (Fsp3) is 0.933. The van der Waals surface area contributed by atoms with Gasteiger partial charge in [0.05, 0.1) is 11.0 Å². The highest BCUT2D eigenvalue weighted by molar-refractivity contribution is 7.92. The van der Waals surface area contributed by atoms with Crippen molar-refractivity contribution in [2.75, 3.05) is 25.4 Å². The van der Waals surface area contributed by atoms with Crippen LogP contribution >= 0.6 is 12.4 Å². The van der Waals surface area contributed by atoms with Crippen molar-refractivity contribution >= 4 is 28.2 Å². The first-order valence-electron chi connectivity index (χ1n) is 8.04. The molecule has 0 bridgehead atoms. The molecule has 1 N–H and O–H groups in total. The summed E-state index contributed by atoms with van der Waals surface area (Å²) in [4.78, 5) is 14.3. The van der Waals surface area contributed by atoms with Crippen molar-refractivity contribution in [2.24, 2.45) is 11.8 Å². The van der Waals surface area contributed by atoms with Crippen LogP contribution in [0, 0.1) is 11.8 Å². The number of hydrogen-bond acceptors (Lipinski definition) is 4. The van der Waals surface area contributed by atoms with Crippen molar-refractivity contribution in [2.45, 2.75) is 51.3 Å². The Hall–Kier alpha value is -0.330. The minimum atomic E-state index is -3.03. The molecule has 0 aromatic heterocycles. The highest BCUT2D eigenvalue weighted by Gasteiger charge is 2.38. The van der Waals surface area contributed by atoms with Gasteiger partial charge >= 0.3 is 0 Å². The SMILES string of the molecule is CC(CC(=O)N1CCS(=O)(=O)C(C)C1C)C1CCCNC1.Cl. The molecule has 0 aromatic carbocycles. The molecule has 4 unspecified atom stereocenters. The van der Waals surface area contributed by atoms with Gasteiger partial charge in [0.15, 0.2) is 9.84 Å². The smallest absolute Gasteiger partial charge is 0.223 e. The molecule has 2 fully saturated rings. The number of halogens is 1. The van der Waals surface area contributed by atoms with Crippen LogP contribution in [0.1, 0.15) is 40.0 Å². The Bertz CT molecular complexity index is 477. The Kier molecular flexibility index (Phi) is 7.15. The topological polar surface area (TPSA) is 66.5 Å². The Morgan fingerprint density at radius 3 is 2.64 bits per heavy atom. The Morgan fingerprint density at radius 2 is 2.05 bits per heavy atom. The van der Waals surface area contributed by atoms with Gasteiger partial charge in [0.2, 0.25) is 5.91 Å². The maximum Gasteiger partial charge on any atom is 0.223 e. The fourth-order valence-electron chi connectivity index (χ4n) is 3.44. The molecule has 0 spiro atoms. The third-order valence-corrected chi connectivity index (χ3v) is 7.59. The van der Waals surface area contributed by atoms with Crippen molar-refractivity contribution in [3.8, 4) is 0 Å². The molecule has 130 valence electrons. The lowest BCUT2D eigenvalue weighted by molar-refractivity contribution is -0.134. The quantitative estimate of drug-likeness (QED) is 0.835. The molecule has 2 aliphatic heterocycles. The average molecular weight is 353 g/mol. The van der Waals surface area contributed by atoms with Crippen LogP contribution in [-0.4, -0.2) is 55.9 Å². The number of amides is 1. The summed E-state index contributed by atoms with van der Waals surface area (Å²) in [6.07, 6.45) is 2.89. The van der Waals surface area contributed by atoms with Crippen LogP contribution in [0.5, 0.6) is 0 Å². The lowest BCUT2D eigenvalue weighted by Gasteiger charge is -2.38. The van der Waals surface area contributed by atoms with Crippen LogP contribution in [-0.2, 0) is 14.6 Å². The lowest BCUT2D eigenvalue weighted by atomic mass is 9.85. The first-order valence-corrected chi connectivity index (χ1v) is 9.76. The fourth-order valence-corrected chi connectivity index (χ4v) is 5.01. The van der Waals surface area contributed by atoms with E-state index >= 15 is 0 Å². The predicted octanol–water partition coefficient (Wildman–Crippen LogP) is 1.47. The number of piperidine rings is 1. The second-order valence-corrected chi connectivity index (χ2v) is 9.17. The molecule has 2 aliphatic rings. The molecule has 2 heterocycles. The number of carbonyl (C=O) groups excluding carboxylic acids is 1. The summed E-state index contributed by atoms with van der Waals surface area (Å²) in [6.45, 7) is 8.14. The molecule has 4 atom stereocenters. The van der Waals surface area contributed by atoms with E-state index in [4.69, 9.17) is 0 Å². The van der Waals surface area contributed by atoms with E-state index < -0.39 is 15.1 Å². The summed E-state index contributed by atoms with van der Waals surface area (Å²) in [7, 11) is -3.03. The Balaban J connectivity index is 0.00000242. The monoisotopic (exact) mass is 352 g/mol. The number of carbonyl (C=O) groups is 1. The Morgan fingerprint density at radius 1 is 1.36 bits per heavy atom. The van der Waals surface area contributed by atoms with Gasteiger partial charge in [0.1, 0.15) is 0 Å². The highest BCUT2D eigenvalue weighted by atomic mass is 35.5. The van der Waals surface area contributed by atoms with Gasteiger partial charge in [-0.3, -0.25) is 4.79 Å². The minimum absolute atomic E-state index is 0. The molecule has 1 amide bonds. The number of nitrogens with one attached hydrogen (secondary N) is 1. The van der Waals surface area contributed by atoms with Crippen molar-refractivity contribution in [3.05, 3.63) is 0 Å². The van der Waals surface area contributed by atoms with Crippen molar-refractivity contribution in [1.29, 1.82) is 0 Å². The Labute approximate surface area is 140 Å². The standard InChI is InChI=1S/C15H28N2O3S.ClH/c1-11(14-5-4-6-16-10-14)9-15(18)17-7-8-21(19,20)13(3)12(17)2;/h11-14,16H,4-10H2,1-3H3;1H. The van der Waals surface area contributed by atoms with E-state index in [0.717, 1.165) is 13.1 Å². The molecule has 0 aliphatic carbocycles. The first kappa shape index (κ1) is 19.7. The van der Waals surface area contributed by atoms with Gasteiger partial charge in [0.25, 0.3) is 0 Å². The van der Waals surface area contributed by atoms with E-state index in [0.29, 0.717) is 24.8 Å².